The van der Waals surface area contributed by atoms with Gasteiger partial charge in [0.05, 0.1) is 6.42 Å². The largest absolute Gasteiger partial charge is 0.480 e. The molecule has 0 saturated heterocycles. The van der Waals surface area contributed by atoms with Crippen molar-refractivity contribution in [3.05, 3.63) is 70.1 Å². The molecule has 0 saturated carbocycles. The highest BCUT2D eigenvalue weighted by Crippen LogP contribution is 2.34. The van der Waals surface area contributed by atoms with Gasteiger partial charge in [-0.3, -0.25) is 9.59 Å². The molecule has 0 fully saturated rings. The average molecular weight is 457 g/mol. The lowest BCUT2D eigenvalue weighted by molar-refractivity contribution is -0.137. The van der Waals surface area contributed by atoms with Crippen LogP contribution in [0.3, 0.4) is 0 Å². The lowest BCUT2D eigenvalue weighted by atomic mass is 9.89. The molecular weight excluding hydrogens is 431 g/mol. The summed E-state index contributed by atoms with van der Waals surface area (Å²) in [5.74, 6) is -1.22. The molecule has 0 bridgehead atoms. The Morgan fingerprint density at radius 2 is 1.97 bits per heavy atom. The maximum Gasteiger partial charge on any atom is 0.323 e. The summed E-state index contributed by atoms with van der Waals surface area (Å²) in [6, 6.07) is 11.8. The van der Waals surface area contributed by atoms with E-state index >= 15 is 0 Å². The van der Waals surface area contributed by atoms with Crippen molar-refractivity contribution in [1.82, 2.24) is 9.47 Å². The maximum atomic E-state index is 14.1. The number of fused-ring (bicyclic) bond motifs is 3. The van der Waals surface area contributed by atoms with E-state index in [1.165, 1.54) is 12.1 Å². The lowest BCUT2D eigenvalue weighted by Crippen LogP contribution is -2.44. The number of carbonyl (C=O) groups is 2. The summed E-state index contributed by atoms with van der Waals surface area (Å²) in [4.78, 5) is 26.6. The Labute approximate surface area is 191 Å². The molecule has 1 aliphatic rings. The molecule has 1 aliphatic carbocycles. The van der Waals surface area contributed by atoms with Crippen molar-refractivity contribution in [2.75, 3.05) is 6.54 Å². The summed E-state index contributed by atoms with van der Waals surface area (Å²) in [6.07, 6.45) is 3.13. The first-order chi connectivity index (χ1) is 15.4. The molecule has 3 aromatic rings. The number of halogens is 2. The highest BCUT2D eigenvalue weighted by molar-refractivity contribution is 6.30. The van der Waals surface area contributed by atoms with Gasteiger partial charge in [0.25, 0.3) is 0 Å². The Morgan fingerprint density at radius 3 is 2.66 bits per heavy atom. The van der Waals surface area contributed by atoms with Gasteiger partial charge in [0, 0.05) is 34.2 Å². The normalized spacial score (nSPS) is 15.5. The number of hydrogen-bond acceptors (Lipinski definition) is 2. The molecule has 1 atom stereocenters. The highest BCUT2D eigenvalue weighted by atomic mass is 35.5. The van der Waals surface area contributed by atoms with E-state index in [-0.39, 0.29) is 24.3 Å². The zero-order valence-electron chi connectivity index (χ0n) is 18.0. The second-order valence-electron chi connectivity index (χ2n) is 8.35. The molecule has 5 nitrogen and oxygen atoms in total. The predicted octanol–water partition coefficient (Wildman–Crippen LogP) is 4.86. The van der Waals surface area contributed by atoms with Crippen molar-refractivity contribution in [3.8, 4) is 0 Å². The molecule has 168 valence electrons. The van der Waals surface area contributed by atoms with Crippen LogP contribution in [-0.2, 0) is 35.4 Å². The zero-order valence-corrected chi connectivity index (χ0v) is 18.7. The molecule has 2 aromatic carbocycles. The fourth-order valence-corrected chi connectivity index (χ4v) is 4.94. The first kappa shape index (κ1) is 22.3. The van der Waals surface area contributed by atoms with E-state index in [1.54, 1.807) is 22.8 Å². The molecule has 1 amide bonds. The van der Waals surface area contributed by atoms with E-state index in [0.29, 0.717) is 30.8 Å². The van der Waals surface area contributed by atoms with Crippen LogP contribution in [0.15, 0.2) is 42.5 Å². The van der Waals surface area contributed by atoms with Gasteiger partial charge >= 0.3 is 5.97 Å². The minimum atomic E-state index is -0.929. The molecular formula is C25H26ClFN2O3. The van der Waals surface area contributed by atoms with E-state index in [4.69, 9.17) is 11.6 Å². The van der Waals surface area contributed by atoms with Gasteiger partial charge in [0.2, 0.25) is 5.91 Å². The van der Waals surface area contributed by atoms with Crippen LogP contribution in [0.2, 0.25) is 5.02 Å². The highest BCUT2D eigenvalue weighted by Gasteiger charge is 2.31. The Hall–Kier alpha value is -2.86. The first-order valence-electron chi connectivity index (χ1n) is 10.9. The SMILES string of the molecule is CCCN(C(=O)Cc1ccc(Cl)cc1)[C@H]1CCc2c(c3cc(F)ccc3n2CC(=O)O)C1. The Morgan fingerprint density at radius 1 is 1.22 bits per heavy atom. The number of carboxylic acid groups (broad SMARTS) is 1. The fraction of sp³-hybridized carbons (Fsp3) is 0.360. The number of carboxylic acids is 1. The van der Waals surface area contributed by atoms with E-state index in [9.17, 15) is 19.1 Å². The first-order valence-corrected chi connectivity index (χ1v) is 11.3. The number of amides is 1. The second-order valence-corrected chi connectivity index (χ2v) is 8.79. The predicted molar refractivity (Wildman–Crippen MR) is 123 cm³/mol. The quantitative estimate of drug-likeness (QED) is 0.552. The Balaban J connectivity index is 1.64. The number of carbonyl (C=O) groups excluding carboxylic acids is 1. The minimum absolute atomic E-state index is 0.00519. The van der Waals surface area contributed by atoms with Crippen molar-refractivity contribution in [1.29, 1.82) is 0 Å². The molecule has 0 spiro atoms. The van der Waals surface area contributed by atoms with Crippen molar-refractivity contribution < 1.29 is 19.1 Å². The third kappa shape index (κ3) is 4.51. The van der Waals surface area contributed by atoms with Crippen molar-refractivity contribution in [2.45, 2.75) is 51.6 Å². The number of benzene rings is 2. The van der Waals surface area contributed by atoms with E-state index in [0.717, 1.165) is 40.6 Å². The molecule has 4 rings (SSSR count). The third-order valence-electron chi connectivity index (χ3n) is 6.19. The van der Waals surface area contributed by atoms with Crippen LogP contribution >= 0.6 is 11.6 Å². The molecule has 0 unspecified atom stereocenters. The minimum Gasteiger partial charge on any atom is -0.480 e. The average Bonchev–Trinajstić information content (AvgIpc) is 3.05. The summed E-state index contributed by atoms with van der Waals surface area (Å²) in [5.41, 5.74) is 3.54. The second kappa shape index (κ2) is 9.33. The van der Waals surface area contributed by atoms with Gasteiger partial charge in [0.1, 0.15) is 12.4 Å². The molecule has 1 heterocycles. The Kier molecular flexibility index (Phi) is 6.51. The van der Waals surface area contributed by atoms with Gasteiger partial charge in [-0.15, -0.1) is 0 Å². The van der Waals surface area contributed by atoms with Gasteiger partial charge in [-0.25, -0.2) is 4.39 Å². The molecule has 0 aliphatic heterocycles. The molecule has 0 radical (unpaired) electrons. The van der Waals surface area contributed by atoms with Crippen LogP contribution in [0, 0.1) is 5.82 Å². The topological polar surface area (TPSA) is 62.5 Å². The number of aromatic nitrogens is 1. The Bertz CT molecular complexity index is 1160. The van der Waals surface area contributed by atoms with Crippen LogP contribution < -0.4 is 0 Å². The summed E-state index contributed by atoms with van der Waals surface area (Å²) in [5, 5.41) is 10.8. The number of aliphatic carboxylic acids is 1. The van der Waals surface area contributed by atoms with E-state index in [2.05, 4.69) is 0 Å². The number of hydrogen-bond donors (Lipinski definition) is 1. The van der Waals surface area contributed by atoms with Crippen LogP contribution in [0.1, 0.15) is 36.6 Å². The van der Waals surface area contributed by atoms with Crippen molar-refractivity contribution in [2.24, 2.45) is 0 Å². The smallest absolute Gasteiger partial charge is 0.323 e. The lowest BCUT2D eigenvalue weighted by Gasteiger charge is -2.35. The summed E-state index contributed by atoms with van der Waals surface area (Å²) >= 11 is 5.96. The summed E-state index contributed by atoms with van der Waals surface area (Å²) in [6.45, 7) is 2.54. The third-order valence-corrected chi connectivity index (χ3v) is 6.44. The van der Waals surface area contributed by atoms with E-state index in [1.807, 2.05) is 24.0 Å². The van der Waals surface area contributed by atoms with Crippen LogP contribution in [0.5, 0.6) is 0 Å². The molecule has 32 heavy (non-hydrogen) atoms. The van der Waals surface area contributed by atoms with Crippen molar-refractivity contribution in [3.63, 3.8) is 0 Å². The standard InChI is InChI=1S/C25H26ClFN2O3/c1-2-11-28(24(30)12-16-3-5-17(26)6-4-16)19-8-10-23-21(14-19)20-13-18(27)7-9-22(20)29(23)15-25(31)32/h3-7,9,13,19H,2,8,10-12,14-15H2,1H3,(H,31,32)/t19-/m0/s1. The molecule has 1 aromatic heterocycles. The van der Waals surface area contributed by atoms with Crippen molar-refractivity contribution >= 4 is 34.4 Å². The van der Waals surface area contributed by atoms with Crippen LogP contribution in [0.25, 0.3) is 10.9 Å². The number of nitrogens with zero attached hydrogens (tertiary/aromatic N) is 2. The summed E-state index contributed by atoms with van der Waals surface area (Å²) < 4.78 is 15.8. The van der Waals surface area contributed by atoms with Gasteiger partial charge in [0.15, 0.2) is 0 Å². The molecule has 7 heteroatoms. The fourth-order valence-electron chi connectivity index (χ4n) is 4.82. The van der Waals surface area contributed by atoms with Crippen LogP contribution in [0.4, 0.5) is 4.39 Å². The number of rotatable bonds is 7. The van der Waals surface area contributed by atoms with E-state index < -0.39 is 5.97 Å². The zero-order chi connectivity index (χ0) is 22.8. The van der Waals surface area contributed by atoms with Gasteiger partial charge in [-0.1, -0.05) is 30.7 Å². The van der Waals surface area contributed by atoms with Gasteiger partial charge < -0.3 is 14.6 Å². The maximum absolute atomic E-state index is 14.1. The van der Waals surface area contributed by atoms with Gasteiger partial charge in [-0.05, 0) is 67.1 Å². The summed E-state index contributed by atoms with van der Waals surface area (Å²) in [7, 11) is 0. The monoisotopic (exact) mass is 456 g/mol. The van der Waals surface area contributed by atoms with Gasteiger partial charge in [-0.2, -0.15) is 0 Å². The van der Waals surface area contributed by atoms with Crippen LogP contribution in [-0.4, -0.2) is 39.0 Å². The molecule has 1 N–H and O–H groups in total.